The van der Waals surface area contributed by atoms with Gasteiger partial charge < -0.3 is 10.4 Å². The number of carbonyl (C=O) groups excluding carboxylic acids is 1. The minimum atomic E-state index is -0.442. The quantitative estimate of drug-likeness (QED) is 0.429. The summed E-state index contributed by atoms with van der Waals surface area (Å²) in [6.07, 6.45) is 0.743. The average Bonchev–Trinajstić information content (AvgIpc) is 1.89. The molecule has 0 aromatic rings. The summed E-state index contributed by atoms with van der Waals surface area (Å²) >= 11 is 5.31. The predicted octanol–water partition coefficient (Wildman–Crippen LogP) is -0.276. The highest BCUT2D eigenvalue weighted by Gasteiger charge is 1.93. The lowest BCUT2D eigenvalue weighted by Gasteiger charge is -1.98. The smallest absolute Gasteiger partial charge is 0.245 e. The second-order valence-corrected chi connectivity index (χ2v) is 1.93. The van der Waals surface area contributed by atoms with E-state index in [9.17, 15) is 4.79 Å². The molecule has 0 aliphatic heterocycles. The fourth-order valence-corrected chi connectivity index (χ4v) is 0.484. The van der Waals surface area contributed by atoms with Crippen LogP contribution in [0.2, 0.25) is 0 Å². The number of aliphatic hydroxyl groups is 1. The zero-order valence-electron chi connectivity index (χ0n) is 5.06. The van der Waals surface area contributed by atoms with Crippen LogP contribution in [0.5, 0.6) is 0 Å². The van der Waals surface area contributed by atoms with E-state index in [1.807, 2.05) is 0 Å². The molecule has 0 bridgehead atoms. The third-order valence-electron chi connectivity index (χ3n) is 0.776. The van der Waals surface area contributed by atoms with Crippen LogP contribution in [0.4, 0.5) is 0 Å². The highest BCUT2D eigenvalue weighted by atomic mass is 35.5. The van der Waals surface area contributed by atoms with Gasteiger partial charge in [-0.2, -0.15) is 0 Å². The topological polar surface area (TPSA) is 49.3 Å². The van der Waals surface area contributed by atoms with Crippen LogP contribution in [-0.2, 0) is 4.79 Å². The molecule has 0 aromatic carbocycles. The second kappa shape index (κ2) is 5.85. The number of alkyl halides is 1. The zero-order valence-corrected chi connectivity index (χ0v) is 5.82. The zero-order chi connectivity index (χ0) is 7.11. The summed E-state index contributed by atoms with van der Waals surface area (Å²) in [5, 5.41) is 10.6. The molecule has 0 atom stereocenters. The van der Waals surface area contributed by atoms with Crippen LogP contribution in [-0.4, -0.2) is 30.0 Å². The Morgan fingerprint density at radius 3 is 2.78 bits per heavy atom. The molecule has 0 aliphatic rings. The molecule has 0 saturated carbocycles. The second-order valence-electron chi connectivity index (χ2n) is 1.55. The van der Waals surface area contributed by atoms with E-state index in [-0.39, 0.29) is 5.91 Å². The first-order chi connectivity index (χ1) is 4.31. The van der Waals surface area contributed by atoms with Gasteiger partial charge in [-0.05, 0) is 6.42 Å². The van der Waals surface area contributed by atoms with Crippen molar-refractivity contribution in [2.45, 2.75) is 6.42 Å². The first-order valence-electron chi connectivity index (χ1n) is 2.74. The van der Waals surface area contributed by atoms with Gasteiger partial charge in [-0.25, -0.2) is 0 Å². The minimum absolute atomic E-state index is 0.347. The van der Waals surface area contributed by atoms with Gasteiger partial charge in [0, 0.05) is 12.4 Å². The predicted molar refractivity (Wildman–Crippen MR) is 35.4 cm³/mol. The Morgan fingerprint density at radius 2 is 2.33 bits per heavy atom. The number of carbonyl (C=O) groups is 1. The van der Waals surface area contributed by atoms with Gasteiger partial charge in [0.15, 0.2) is 0 Å². The highest BCUT2D eigenvalue weighted by Crippen LogP contribution is 1.79. The van der Waals surface area contributed by atoms with Crippen LogP contribution in [0.15, 0.2) is 0 Å². The summed E-state index contributed by atoms with van der Waals surface area (Å²) in [5.41, 5.74) is 0. The molecule has 0 heterocycles. The molecule has 0 aliphatic carbocycles. The Hall–Kier alpha value is -0.280. The standard InChI is InChI=1S/C5H10ClNO2/c6-2-1-3-7-5(9)4-8/h8H,1-4H2,(H,7,9). The minimum Gasteiger partial charge on any atom is -0.387 e. The van der Waals surface area contributed by atoms with Crippen LogP contribution in [0.3, 0.4) is 0 Å². The molecular weight excluding hydrogens is 142 g/mol. The molecule has 2 N–H and O–H groups in total. The largest absolute Gasteiger partial charge is 0.387 e. The molecule has 0 radical (unpaired) electrons. The van der Waals surface area contributed by atoms with Crippen molar-refractivity contribution < 1.29 is 9.90 Å². The summed E-state index contributed by atoms with van der Waals surface area (Å²) in [4.78, 5) is 10.3. The van der Waals surface area contributed by atoms with Crippen molar-refractivity contribution in [1.29, 1.82) is 0 Å². The van der Waals surface area contributed by atoms with Crippen molar-refractivity contribution >= 4 is 17.5 Å². The summed E-state index contributed by atoms with van der Waals surface area (Å²) in [5.74, 6) is 0.186. The summed E-state index contributed by atoms with van der Waals surface area (Å²) in [7, 11) is 0. The summed E-state index contributed by atoms with van der Waals surface area (Å²) in [6.45, 7) is 0.102. The average molecular weight is 152 g/mol. The lowest BCUT2D eigenvalue weighted by Crippen LogP contribution is -2.27. The van der Waals surface area contributed by atoms with Crippen LogP contribution in [0.25, 0.3) is 0 Å². The molecule has 0 saturated heterocycles. The number of halogens is 1. The Kier molecular flexibility index (Phi) is 5.67. The number of hydrogen-bond acceptors (Lipinski definition) is 2. The van der Waals surface area contributed by atoms with Gasteiger partial charge in [-0.3, -0.25) is 4.79 Å². The number of nitrogens with one attached hydrogen (secondary N) is 1. The van der Waals surface area contributed by atoms with Crippen LogP contribution in [0.1, 0.15) is 6.42 Å². The lowest BCUT2D eigenvalue weighted by atomic mass is 10.5. The Labute approximate surface area is 59.0 Å². The fraction of sp³-hybridized carbons (Fsp3) is 0.800. The molecule has 0 aromatic heterocycles. The first-order valence-corrected chi connectivity index (χ1v) is 3.28. The van der Waals surface area contributed by atoms with Gasteiger partial charge in [0.25, 0.3) is 0 Å². The van der Waals surface area contributed by atoms with Gasteiger partial charge in [0.05, 0.1) is 0 Å². The molecule has 9 heavy (non-hydrogen) atoms. The van der Waals surface area contributed by atoms with Crippen molar-refractivity contribution in [3.05, 3.63) is 0 Å². The van der Waals surface area contributed by atoms with Gasteiger partial charge in [0.1, 0.15) is 6.61 Å². The van der Waals surface area contributed by atoms with Gasteiger partial charge in [-0.1, -0.05) is 0 Å². The van der Waals surface area contributed by atoms with Crippen LogP contribution >= 0.6 is 11.6 Å². The SMILES string of the molecule is O=C(CO)NCCCCl. The molecular formula is C5H10ClNO2. The summed E-state index contributed by atoms with van der Waals surface area (Å²) < 4.78 is 0. The van der Waals surface area contributed by atoms with E-state index in [0.29, 0.717) is 12.4 Å². The maximum absolute atomic E-state index is 10.3. The molecule has 0 rings (SSSR count). The lowest BCUT2D eigenvalue weighted by molar-refractivity contribution is -0.123. The van der Waals surface area contributed by atoms with E-state index >= 15 is 0 Å². The van der Waals surface area contributed by atoms with Crippen molar-refractivity contribution in [2.75, 3.05) is 19.0 Å². The molecule has 1 amide bonds. The van der Waals surface area contributed by atoms with Gasteiger partial charge in [-0.15, -0.1) is 11.6 Å². The number of aliphatic hydroxyl groups excluding tert-OH is 1. The highest BCUT2D eigenvalue weighted by molar-refractivity contribution is 6.17. The maximum Gasteiger partial charge on any atom is 0.245 e. The third-order valence-corrected chi connectivity index (χ3v) is 1.04. The molecule has 4 heteroatoms. The third kappa shape index (κ3) is 5.59. The van der Waals surface area contributed by atoms with Crippen molar-refractivity contribution in [1.82, 2.24) is 5.32 Å². The summed E-state index contributed by atoms with van der Waals surface area (Å²) in [6, 6.07) is 0. The van der Waals surface area contributed by atoms with E-state index < -0.39 is 6.61 Å². The molecule has 54 valence electrons. The first kappa shape index (κ1) is 8.72. The normalized spacial score (nSPS) is 9.11. The van der Waals surface area contributed by atoms with Gasteiger partial charge >= 0.3 is 0 Å². The van der Waals surface area contributed by atoms with E-state index in [0.717, 1.165) is 6.42 Å². The van der Waals surface area contributed by atoms with Crippen LogP contribution in [0, 0.1) is 0 Å². The van der Waals surface area contributed by atoms with Crippen LogP contribution < -0.4 is 5.32 Å². The Balaban J connectivity index is 2.97. The Morgan fingerprint density at radius 1 is 1.67 bits per heavy atom. The van der Waals surface area contributed by atoms with E-state index in [2.05, 4.69) is 5.32 Å². The van der Waals surface area contributed by atoms with Gasteiger partial charge in [0.2, 0.25) is 5.91 Å². The van der Waals surface area contributed by atoms with E-state index in [1.54, 1.807) is 0 Å². The number of rotatable bonds is 4. The molecule has 0 spiro atoms. The van der Waals surface area contributed by atoms with E-state index in [4.69, 9.17) is 16.7 Å². The van der Waals surface area contributed by atoms with Crippen molar-refractivity contribution in [3.63, 3.8) is 0 Å². The van der Waals surface area contributed by atoms with Crippen molar-refractivity contribution in [3.8, 4) is 0 Å². The fourth-order valence-electron chi connectivity index (χ4n) is 0.351. The molecule has 0 fully saturated rings. The maximum atomic E-state index is 10.3. The van der Waals surface area contributed by atoms with E-state index in [1.165, 1.54) is 0 Å². The number of hydrogen-bond donors (Lipinski definition) is 2. The molecule has 3 nitrogen and oxygen atoms in total. The molecule has 0 unspecified atom stereocenters. The monoisotopic (exact) mass is 151 g/mol. The Bertz CT molecular complexity index is 87.0. The number of amides is 1. The van der Waals surface area contributed by atoms with Crippen molar-refractivity contribution in [2.24, 2.45) is 0 Å².